The van der Waals surface area contributed by atoms with Crippen molar-refractivity contribution in [3.05, 3.63) is 10.4 Å². The third kappa shape index (κ3) is 2.55. The third-order valence-corrected chi connectivity index (χ3v) is 2.32. The molecule has 12 heavy (non-hydrogen) atoms. The van der Waals surface area contributed by atoms with E-state index in [4.69, 9.17) is 5.53 Å². The molecule has 66 valence electrons. The van der Waals surface area contributed by atoms with Crippen LogP contribution in [0.4, 0.5) is 0 Å². The molecule has 1 aliphatic rings. The Labute approximate surface area is 71.6 Å². The summed E-state index contributed by atoms with van der Waals surface area (Å²) in [5, 5.41) is 3.43. The first kappa shape index (κ1) is 9.07. The van der Waals surface area contributed by atoms with E-state index in [1.54, 1.807) is 0 Å². The van der Waals surface area contributed by atoms with Crippen LogP contribution in [0.3, 0.4) is 0 Å². The van der Waals surface area contributed by atoms with Crippen molar-refractivity contribution >= 4 is 5.78 Å². The van der Waals surface area contributed by atoms with Crippen LogP contribution in [0.2, 0.25) is 0 Å². The van der Waals surface area contributed by atoms with Gasteiger partial charge in [0.2, 0.25) is 0 Å². The Hall–Kier alpha value is -1.02. The molecule has 4 nitrogen and oxygen atoms in total. The van der Waals surface area contributed by atoms with Crippen molar-refractivity contribution < 1.29 is 4.79 Å². The highest BCUT2D eigenvalue weighted by Gasteiger charge is 2.20. The second-order valence-electron chi connectivity index (χ2n) is 3.15. The lowest BCUT2D eigenvalue weighted by Crippen LogP contribution is -2.19. The van der Waals surface area contributed by atoms with E-state index in [1.165, 1.54) is 0 Å². The Balaban J connectivity index is 2.29. The first-order valence-corrected chi connectivity index (χ1v) is 4.38. The molecular weight excluding hydrogens is 154 g/mol. The van der Waals surface area contributed by atoms with Gasteiger partial charge in [-0.1, -0.05) is 11.5 Å². The summed E-state index contributed by atoms with van der Waals surface area (Å²) in [5.41, 5.74) is 8.04. The number of carbonyl (C=O) groups is 1. The van der Waals surface area contributed by atoms with Gasteiger partial charge in [-0.3, -0.25) is 4.79 Å². The first-order chi connectivity index (χ1) is 5.84. The lowest BCUT2D eigenvalue weighted by molar-refractivity contribution is -0.124. The zero-order valence-electron chi connectivity index (χ0n) is 7.07. The van der Waals surface area contributed by atoms with Crippen molar-refractivity contribution in [2.24, 2.45) is 11.0 Å². The normalized spacial score (nSPS) is 23.3. The maximum Gasteiger partial charge on any atom is 0.135 e. The Kier molecular flexibility index (Phi) is 3.61. The van der Waals surface area contributed by atoms with Crippen molar-refractivity contribution in [1.29, 1.82) is 0 Å². The molecule has 0 spiro atoms. The third-order valence-electron chi connectivity index (χ3n) is 2.32. The molecule has 0 amide bonds. The Bertz CT molecular complexity index is 208. The van der Waals surface area contributed by atoms with E-state index in [9.17, 15) is 4.79 Å². The fourth-order valence-electron chi connectivity index (χ4n) is 1.62. The number of azide groups is 1. The lowest BCUT2D eigenvalue weighted by atomic mass is 9.86. The van der Waals surface area contributed by atoms with E-state index >= 15 is 0 Å². The fourth-order valence-corrected chi connectivity index (χ4v) is 1.62. The van der Waals surface area contributed by atoms with Crippen LogP contribution in [0.1, 0.15) is 32.1 Å². The van der Waals surface area contributed by atoms with Gasteiger partial charge in [0.25, 0.3) is 0 Å². The van der Waals surface area contributed by atoms with Gasteiger partial charge in [0, 0.05) is 23.8 Å². The van der Waals surface area contributed by atoms with Crippen molar-refractivity contribution in [3.8, 4) is 0 Å². The van der Waals surface area contributed by atoms with Crippen LogP contribution in [-0.4, -0.2) is 12.3 Å². The van der Waals surface area contributed by atoms with Crippen LogP contribution < -0.4 is 0 Å². The molecule has 0 bridgehead atoms. The molecule has 4 heteroatoms. The van der Waals surface area contributed by atoms with E-state index in [-0.39, 0.29) is 5.92 Å². The summed E-state index contributed by atoms with van der Waals surface area (Å²) in [6, 6.07) is 0. The molecule has 1 unspecified atom stereocenters. The van der Waals surface area contributed by atoms with E-state index in [0.29, 0.717) is 12.3 Å². The maximum absolute atomic E-state index is 11.3. The standard InChI is InChI=1S/C8H13N3O/c9-11-10-6-5-7-3-1-2-4-8(7)12/h7H,1-6H2. The smallest absolute Gasteiger partial charge is 0.135 e. The number of Topliss-reactive ketones (excluding diaryl/α,β-unsaturated/α-hetero) is 1. The second kappa shape index (κ2) is 4.78. The molecule has 0 radical (unpaired) electrons. The number of carbonyl (C=O) groups excluding carboxylic acids is 1. The largest absolute Gasteiger partial charge is 0.299 e. The first-order valence-electron chi connectivity index (χ1n) is 4.38. The minimum absolute atomic E-state index is 0.171. The van der Waals surface area contributed by atoms with E-state index in [0.717, 1.165) is 32.1 Å². The molecule has 0 aromatic carbocycles. The molecule has 1 rings (SSSR count). The molecule has 0 aromatic rings. The van der Waals surface area contributed by atoms with Gasteiger partial charge in [0.15, 0.2) is 0 Å². The molecule has 1 aliphatic carbocycles. The van der Waals surface area contributed by atoms with Gasteiger partial charge < -0.3 is 0 Å². The Morgan fingerprint density at radius 2 is 2.42 bits per heavy atom. The SMILES string of the molecule is [N-]=[N+]=NCCC1CCCCC1=O. The molecule has 0 heterocycles. The minimum Gasteiger partial charge on any atom is -0.299 e. The summed E-state index contributed by atoms with van der Waals surface area (Å²) in [6.45, 7) is 0.465. The highest BCUT2D eigenvalue weighted by Crippen LogP contribution is 2.23. The minimum atomic E-state index is 0.171. The topological polar surface area (TPSA) is 65.8 Å². The average Bonchev–Trinajstić information content (AvgIpc) is 2.09. The summed E-state index contributed by atoms with van der Waals surface area (Å²) in [7, 11) is 0. The second-order valence-corrected chi connectivity index (χ2v) is 3.15. The monoisotopic (exact) mass is 167 g/mol. The number of hydrogen-bond donors (Lipinski definition) is 0. The van der Waals surface area contributed by atoms with Gasteiger partial charge in [-0.2, -0.15) is 0 Å². The van der Waals surface area contributed by atoms with E-state index in [2.05, 4.69) is 10.0 Å². The highest BCUT2D eigenvalue weighted by atomic mass is 16.1. The van der Waals surface area contributed by atoms with Gasteiger partial charge in [-0.25, -0.2) is 0 Å². The van der Waals surface area contributed by atoms with Crippen LogP contribution in [0.15, 0.2) is 5.11 Å². The molecule has 1 fully saturated rings. The Morgan fingerprint density at radius 1 is 1.58 bits per heavy atom. The number of hydrogen-bond acceptors (Lipinski definition) is 2. The summed E-state index contributed by atoms with van der Waals surface area (Å²) < 4.78 is 0. The molecule has 0 N–H and O–H groups in total. The van der Waals surface area contributed by atoms with Crippen LogP contribution >= 0.6 is 0 Å². The van der Waals surface area contributed by atoms with Crippen molar-refractivity contribution in [1.82, 2.24) is 0 Å². The van der Waals surface area contributed by atoms with Crippen LogP contribution in [0, 0.1) is 5.92 Å². The van der Waals surface area contributed by atoms with Gasteiger partial charge in [-0.15, -0.1) is 0 Å². The van der Waals surface area contributed by atoms with E-state index in [1.807, 2.05) is 0 Å². The molecule has 1 saturated carbocycles. The van der Waals surface area contributed by atoms with Crippen LogP contribution in [0.5, 0.6) is 0 Å². The summed E-state index contributed by atoms with van der Waals surface area (Å²) in [6.07, 6.45) is 4.63. The van der Waals surface area contributed by atoms with Gasteiger partial charge >= 0.3 is 0 Å². The maximum atomic E-state index is 11.3. The van der Waals surface area contributed by atoms with Crippen LogP contribution in [0.25, 0.3) is 10.4 Å². The fraction of sp³-hybridized carbons (Fsp3) is 0.875. The van der Waals surface area contributed by atoms with Gasteiger partial charge in [0.05, 0.1) is 0 Å². The van der Waals surface area contributed by atoms with Gasteiger partial charge in [0.1, 0.15) is 5.78 Å². The molecular formula is C8H13N3O. The predicted octanol–water partition coefficient (Wildman–Crippen LogP) is 2.45. The summed E-state index contributed by atoms with van der Waals surface area (Å²) in [4.78, 5) is 13.9. The molecule has 0 saturated heterocycles. The number of nitrogens with zero attached hydrogens (tertiary/aromatic N) is 3. The van der Waals surface area contributed by atoms with Crippen molar-refractivity contribution in [2.45, 2.75) is 32.1 Å². The molecule has 0 aromatic heterocycles. The van der Waals surface area contributed by atoms with Crippen LogP contribution in [-0.2, 0) is 4.79 Å². The lowest BCUT2D eigenvalue weighted by Gasteiger charge is -2.18. The highest BCUT2D eigenvalue weighted by molar-refractivity contribution is 5.81. The predicted molar refractivity (Wildman–Crippen MR) is 45.6 cm³/mol. The Morgan fingerprint density at radius 3 is 3.08 bits per heavy atom. The molecule has 0 aliphatic heterocycles. The van der Waals surface area contributed by atoms with Crippen molar-refractivity contribution in [2.75, 3.05) is 6.54 Å². The quantitative estimate of drug-likeness (QED) is 0.361. The zero-order valence-corrected chi connectivity index (χ0v) is 7.07. The van der Waals surface area contributed by atoms with E-state index < -0.39 is 0 Å². The van der Waals surface area contributed by atoms with Crippen molar-refractivity contribution in [3.63, 3.8) is 0 Å². The summed E-state index contributed by atoms with van der Waals surface area (Å²) >= 11 is 0. The number of ketones is 1. The van der Waals surface area contributed by atoms with Gasteiger partial charge in [-0.05, 0) is 24.8 Å². The molecule has 1 atom stereocenters. The average molecular weight is 167 g/mol. The summed E-state index contributed by atoms with van der Waals surface area (Å²) in [5.74, 6) is 0.527. The zero-order chi connectivity index (χ0) is 8.81. The number of rotatable bonds is 3.